The number of carbonyl (C=O) groups is 2. The zero-order chi connectivity index (χ0) is 11.3. The molecule has 0 N–H and O–H groups in total. The van der Waals surface area contributed by atoms with Crippen LogP contribution in [-0.2, 0) is 14.3 Å². The Morgan fingerprint density at radius 2 is 1.75 bits per heavy atom. The molecule has 2 bridgehead atoms. The van der Waals surface area contributed by atoms with Gasteiger partial charge in [0.05, 0.1) is 7.11 Å². The highest BCUT2D eigenvalue weighted by Crippen LogP contribution is 2.44. The van der Waals surface area contributed by atoms with Crippen LogP contribution in [0.15, 0.2) is 35.1 Å². The van der Waals surface area contributed by atoms with Gasteiger partial charge in [0.2, 0.25) is 5.78 Å². The molecule has 3 heteroatoms. The number of carbonyl (C=O) groups excluding carboxylic acids is 2. The predicted octanol–water partition coefficient (Wildman–Crippen LogP) is 1.56. The summed E-state index contributed by atoms with van der Waals surface area (Å²) in [6, 6.07) is 0. The molecule has 0 radical (unpaired) electrons. The molecule has 0 fully saturated rings. The molecular weight excluding hydrogens is 204 g/mol. The van der Waals surface area contributed by atoms with Gasteiger partial charge in [-0.25, -0.2) is 0 Å². The van der Waals surface area contributed by atoms with E-state index in [1.54, 1.807) is 0 Å². The van der Waals surface area contributed by atoms with Crippen molar-refractivity contribution in [1.29, 1.82) is 0 Å². The highest BCUT2D eigenvalue weighted by molar-refractivity contribution is 6.23. The maximum atomic E-state index is 12.1. The van der Waals surface area contributed by atoms with E-state index in [1.165, 1.54) is 13.2 Å². The first kappa shape index (κ1) is 9.58. The van der Waals surface area contributed by atoms with Crippen molar-refractivity contribution in [2.45, 2.75) is 12.8 Å². The summed E-state index contributed by atoms with van der Waals surface area (Å²) >= 11 is 0. The van der Waals surface area contributed by atoms with E-state index in [-0.39, 0.29) is 29.2 Å². The number of hydrogen-bond acceptors (Lipinski definition) is 3. The second-order valence-corrected chi connectivity index (χ2v) is 4.41. The zero-order valence-corrected chi connectivity index (χ0v) is 9.03. The largest absolute Gasteiger partial charge is 0.493 e. The van der Waals surface area contributed by atoms with E-state index < -0.39 is 0 Å². The van der Waals surface area contributed by atoms with Crippen LogP contribution in [0.2, 0.25) is 0 Å². The van der Waals surface area contributed by atoms with E-state index in [0.717, 1.165) is 12.8 Å². The van der Waals surface area contributed by atoms with Crippen LogP contribution in [0.4, 0.5) is 0 Å². The lowest BCUT2D eigenvalue weighted by Crippen LogP contribution is -2.33. The SMILES string of the molecule is COC1=CC(=O)C2=C(C1=O)C1C=CC2CC1. The van der Waals surface area contributed by atoms with Crippen molar-refractivity contribution in [2.75, 3.05) is 7.11 Å². The van der Waals surface area contributed by atoms with Crippen molar-refractivity contribution in [2.24, 2.45) is 11.8 Å². The van der Waals surface area contributed by atoms with Gasteiger partial charge in [-0.1, -0.05) is 12.2 Å². The third kappa shape index (κ3) is 1.08. The van der Waals surface area contributed by atoms with E-state index in [4.69, 9.17) is 4.74 Å². The van der Waals surface area contributed by atoms with E-state index in [0.29, 0.717) is 11.1 Å². The number of ether oxygens (including phenoxy) is 1. The van der Waals surface area contributed by atoms with Crippen LogP contribution >= 0.6 is 0 Å². The third-order valence-electron chi connectivity index (χ3n) is 3.61. The number of ketones is 2. The highest BCUT2D eigenvalue weighted by Gasteiger charge is 2.41. The fourth-order valence-electron chi connectivity index (χ4n) is 2.85. The van der Waals surface area contributed by atoms with Crippen molar-refractivity contribution in [3.63, 3.8) is 0 Å². The van der Waals surface area contributed by atoms with Crippen molar-refractivity contribution in [3.8, 4) is 0 Å². The average molecular weight is 216 g/mol. The first-order valence-corrected chi connectivity index (χ1v) is 5.49. The summed E-state index contributed by atoms with van der Waals surface area (Å²) in [6.45, 7) is 0. The monoisotopic (exact) mass is 216 g/mol. The predicted molar refractivity (Wildman–Crippen MR) is 57.5 cm³/mol. The Labute approximate surface area is 93.5 Å². The molecule has 4 aliphatic rings. The van der Waals surface area contributed by atoms with Gasteiger partial charge < -0.3 is 4.74 Å². The first-order chi connectivity index (χ1) is 7.72. The summed E-state index contributed by atoms with van der Waals surface area (Å²) in [6.07, 6.45) is 7.39. The molecule has 82 valence electrons. The first-order valence-electron chi connectivity index (χ1n) is 5.49. The van der Waals surface area contributed by atoms with E-state index in [2.05, 4.69) is 12.2 Å². The van der Waals surface area contributed by atoms with Crippen LogP contribution in [-0.4, -0.2) is 18.7 Å². The van der Waals surface area contributed by atoms with E-state index in [9.17, 15) is 9.59 Å². The molecule has 2 unspecified atom stereocenters. The Morgan fingerprint density at radius 3 is 2.31 bits per heavy atom. The van der Waals surface area contributed by atoms with Crippen molar-refractivity contribution >= 4 is 11.6 Å². The normalized spacial score (nSPS) is 31.7. The van der Waals surface area contributed by atoms with Crippen LogP contribution in [0.1, 0.15) is 12.8 Å². The number of hydrogen-bond donors (Lipinski definition) is 0. The van der Waals surface area contributed by atoms with Crippen molar-refractivity contribution in [3.05, 3.63) is 35.1 Å². The van der Waals surface area contributed by atoms with Crippen molar-refractivity contribution in [1.82, 2.24) is 0 Å². The van der Waals surface area contributed by atoms with Gasteiger partial charge in [0.25, 0.3) is 0 Å². The standard InChI is InChI=1S/C13H12O3/c1-16-10-6-9(14)11-7-2-4-8(5-3-7)12(11)13(10)15/h2,4,6-8H,3,5H2,1H3. The van der Waals surface area contributed by atoms with Crippen LogP contribution in [0.5, 0.6) is 0 Å². The summed E-state index contributed by atoms with van der Waals surface area (Å²) in [5, 5.41) is 0. The highest BCUT2D eigenvalue weighted by atomic mass is 16.5. The van der Waals surface area contributed by atoms with Gasteiger partial charge in [-0.15, -0.1) is 0 Å². The molecule has 0 spiro atoms. The van der Waals surface area contributed by atoms with Gasteiger partial charge in [0.1, 0.15) is 0 Å². The maximum absolute atomic E-state index is 12.1. The number of Topliss-reactive ketones (excluding diaryl/α,β-unsaturated/α-hetero) is 1. The smallest absolute Gasteiger partial charge is 0.224 e. The Bertz CT molecular complexity index is 479. The summed E-state index contributed by atoms with van der Waals surface area (Å²) in [5.41, 5.74) is 1.40. The number of methoxy groups -OCH3 is 1. The van der Waals surface area contributed by atoms with Crippen LogP contribution in [0.3, 0.4) is 0 Å². The van der Waals surface area contributed by atoms with Gasteiger partial charge in [-0.05, 0) is 12.8 Å². The lowest BCUT2D eigenvalue weighted by molar-refractivity contribution is -0.119. The Morgan fingerprint density at radius 1 is 1.12 bits per heavy atom. The van der Waals surface area contributed by atoms with Crippen LogP contribution < -0.4 is 0 Å². The molecule has 16 heavy (non-hydrogen) atoms. The van der Waals surface area contributed by atoms with Gasteiger partial charge >= 0.3 is 0 Å². The van der Waals surface area contributed by atoms with Gasteiger partial charge in [0, 0.05) is 29.1 Å². The van der Waals surface area contributed by atoms with Gasteiger partial charge in [-0.3, -0.25) is 9.59 Å². The van der Waals surface area contributed by atoms with E-state index >= 15 is 0 Å². The topological polar surface area (TPSA) is 43.4 Å². The quantitative estimate of drug-likeness (QED) is 0.493. The summed E-state index contributed by atoms with van der Waals surface area (Å²) < 4.78 is 4.96. The molecule has 0 amide bonds. The molecule has 4 rings (SSSR count). The number of allylic oxidation sites excluding steroid dienone is 5. The van der Waals surface area contributed by atoms with Crippen LogP contribution in [0, 0.1) is 11.8 Å². The number of fused-ring (bicyclic) bond motifs is 1. The third-order valence-corrected chi connectivity index (χ3v) is 3.61. The molecule has 3 nitrogen and oxygen atoms in total. The molecule has 4 aliphatic carbocycles. The molecule has 0 saturated carbocycles. The minimum atomic E-state index is -0.101. The Hall–Kier alpha value is -1.64. The Kier molecular flexibility index (Phi) is 1.90. The second kappa shape index (κ2) is 3.17. The summed E-state index contributed by atoms with van der Waals surface area (Å²) in [5.74, 6) is 0.299. The fraction of sp³-hybridized carbons (Fsp3) is 0.385. The lowest BCUT2D eigenvalue weighted by atomic mass is 9.67. The molecule has 2 atom stereocenters. The molecule has 0 aromatic carbocycles. The maximum Gasteiger partial charge on any atom is 0.224 e. The Balaban J connectivity index is 2.13. The minimum Gasteiger partial charge on any atom is -0.493 e. The van der Waals surface area contributed by atoms with Gasteiger partial charge in [-0.2, -0.15) is 0 Å². The molecule has 0 aliphatic heterocycles. The molecule has 0 saturated heterocycles. The van der Waals surface area contributed by atoms with E-state index in [1.807, 2.05) is 0 Å². The molecule has 0 heterocycles. The zero-order valence-electron chi connectivity index (χ0n) is 9.03. The number of rotatable bonds is 1. The lowest BCUT2D eigenvalue weighted by Gasteiger charge is -2.35. The van der Waals surface area contributed by atoms with Gasteiger partial charge in [0.15, 0.2) is 11.5 Å². The summed E-state index contributed by atoms with van der Waals surface area (Å²) in [7, 11) is 1.43. The minimum absolute atomic E-state index is 0.0505. The molecular formula is C13H12O3. The van der Waals surface area contributed by atoms with Crippen LogP contribution in [0.25, 0.3) is 0 Å². The second-order valence-electron chi connectivity index (χ2n) is 4.41. The molecule has 0 aromatic heterocycles. The summed E-state index contributed by atoms with van der Waals surface area (Å²) in [4.78, 5) is 24.0. The fourth-order valence-corrected chi connectivity index (χ4v) is 2.85. The average Bonchev–Trinajstić information content (AvgIpc) is 2.34. The van der Waals surface area contributed by atoms with Crippen molar-refractivity contribution < 1.29 is 14.3 Å². The molecule has 0 aromatic rings.